The Balaban J connectivity index is 1.95. The largest absolute Gasteiger partial charge is 0.387 e. The fourth-order valence-corrected chi connectivity index (χ4v) is 3.71. The number of benzene rings is 1. The highest BCUT2D eigenvalue weighted by Gasteiger charge is 2.31. The molecular weight excluding hydrogens is 284 g/mol. The molecule has 1 aromatic rings. The molecular formula is C16H24N2O2S. The summed E-state index contributed by atoms with van der Waals surface area (Å²) in [4.78, 5) is 12.0. The minimum atomic E-state index is -0.749. The third-order valence-corrected chi connectivity index (χ3v) is 5.11. The van der Waals surface area contributed by atoms with Crippen LogP contribution in [-0.2, 0) is 12.8 Å². The molecule has 0 bridgehead atoms. The molecule has 1 fully saturated rings. The van der Waals surface area contributed by atoms with Crippen molar-refractivity contribution in [3.63, 3.8) is 0 Å². The molecule has 2 rings (SSSR count). The maximum atomic E-state index is 12.0. The number of thioether (sulfide) groups is 1. The molecule has 1 aromatic carbocycles. The van der Waals surface area contributed by atoms with E-state index in [1.165, 1.54) is 5.56 Å². The first-order chi connectivity index (χ1) is 10.1. The van der Waals surface area contributed by atoms with Crippen molar-refractivity contribution in [3.8, 4) is 0 Å². The Hall–Kier alpha value is -1.20. The van der Waals surface area contributed by atoms with Crippen LogP contribution in [0.25, 0.3) is 0 Å². The molecule has 0 aliphatic carbocycles. The van der Waals surface area contributed by atoms with Crippen LogP contribution in [0.15, 0.2) is 18.2 Å². The van der Waals surface area contributed by atoms with Crippen molar-refractivity contribution in [2.45, 2.75) is 38.7 Å². The number of rotatable bonds is 5. The molecule has 4 nitrogen and oxygen atoms in total. The Morgan fingerprint density at radius 2 is 2.19 bits per heavy atom. The normalized spacial score (nSPS) is 21.3. The van der Waals surface area contributed by atoms with Crippen molar-refractivity contribution >= 4 is 23.5 Å². The molecule has 0 spiro atoms. The van der Waals surface area contributed by atoms with E-state index in [1.54, 1.807) is 11.8 Å². The number of carbonyl (C=O) groups excluding carboxylic acids is 1. The van der Waals surface area contributed by atoms with Gasteiger partial charge in [0.2, 0.25) is 0 Å². The van der Waals surface area contributed by atoms with E-state index in [4.69, 9.17) is 0 Å². The Morgan fingerprint density at radius 1 is 1.38 bits per heavy atom. The maximum absolute atomic E-state index is 12.0. The molecule has 2 amide bonds. The van der Waals surface area contributed by atoms with Crippen LogP contribution in [0.2, 0.25) is 0 Å². The average molecular weight is 308 g/mol. The summed E-state index contributed by atoms with van der Waals surface area (Å²) in [6.07, 6.45) is 2.56. The van der Waals surface area contributed by atoms with E-state index in [9.17, 15) is 9.90 Å². The highest BCUT2D eigenvalue weighted by Crippen LogP contribution is 2.27. The molecule has 1 atom stereocenters. The topological polar surface area (TPSA) is 61.4 Å². The molecule has 0 radical (unpaired) electrons. The molecule has 0 aromatic heterocycles. The fraction of sp³-hybridized carbons (Fsp3) is 0.562. The van der Waals surface area contributed by atoms with E-state index in [0.29, 0.717) is 12.3 Å². The summed E-state index contributed by atoms with van der Waals surface area (Å²) in [7, 11) is 0. The van der Waals surface area contributed by atoms with Crippen LogP contribution in [0.5, 0.6) is 0 Å². The van der Waals surface area contributed by atoms with Crippen molar-refractivity contribution in [1.29, 1.82) is 0 Å². The van der Waals surface area contributed by atoms with Crippen molar-refractivity contribution in [2.24, 2.45) is 0 Å². The van der Waals surface area contributed by atoms with Gasteiger partial charge in [-0.25, -0.2) is 4.79 Å². The summed E-state index contributed by atoms with van der Waals surface area (Å²) in [5, 5.41) is 15.9. The number of carbonyl (C=O) groups is 1. The fourth-order valence-electron chi connectivity index (χ4n) is 2.42. The van der Waals surface area contributed by atoms with Gasteiger partial charge in [0.05, 0.1) is 5.60 Å². The number of nitrogens with one attached hydrogen (secondary N) is 2. The van der Waals surface area contributed by atoms with Crippen molar-refractivity contribution in [2.75, 3.05) is 23.4 Å². The lowest BCUT2D eigenvalue weighted by Crippen LogP contribution is -2.44. The molecule has 3 N–H and O–H groups in total. The van der Waals surface area contributed by atoms with Crippen LogP contribution in [0.4, 0.5) is 10.5 Å². The monoisotopic (exact) mass is 308 g/mol. The number of amides is 2. The molecule has 21 heavy (non-hydrogen) atoms. The second-order valence-corrected chi connectivity index (χ2v) is 6.64. The smallest absolute Gasteiger partial charge is 0.319 e. The summed E-state index contributed by atoms with van der Waals surface area (Å²) in [6.45, 7) is 4.47. The second-order valence-electron chi connectivity index (χ2n) is 5.53. The quantitative estimate of drug-likeness (QED) is 0.784. The molecule has 0 unspecified atom stereocenters. The minimum Gasteiger partial charge on any atom is -0.387 e. The van der Waals surface area contributed by atoms with Gasteiger partial charge in [-0.3, -0.25) is 0 Å². The van der Waals surface area contributed by atoms with Gasteiger partial charge in [-0.15, -0.1) is 0 Å². The average Bonchev–Trinajstić information content (AvgIpc) is 2.92. The highest BCUT2D eigenvalue weighted by molar-refractivity contribution is 7.99. The number of aliphatic hydroxyl groups is 1. The van der Waals surface area contributed by atoms with E-state index in [0.717, 1.165) is 36.3 Å². The molecule has 1 heterocycles. The van der Waals surface area contributed by atoms with Gasteiger partial charge in [-0.2, -0.15) is 11.8 Å². The van der Waals surface area contributed by atoms with Gasteiger partial charge in [0.25, 0.3) is 0 Å². The van der Waals surface area contributed by atoms with E-state index in [1.807, 2.05) is 6.07 Å². The van der Waals surface area contributed by atoms with Crippen molar-refractivity contribution in [1.82, 2.24) is 5.32 Å². The van der Waals surface area contributed by atoms with Gasteiger partial charge in [0, 0.05) is 18.0 Å². The molecule has 1 saturated heterocycles. The number of hydrogen-bond donors (Lipinski definition) is 3. The first-order valence-corrected chi connectivity index (χ1v) is 8.68. The van der Waals surface area contributed by atoms with Crippen LogP contribution in [0.3, 0.4) is 0 Å². The third kappa shape index (κ3) is 4.38. The van der Waals surface area contributed by atoms with Gasteiger partial charge in [-0.05, 0) is 42.2 Å². The summed E-state index contributed by atoms with van der Waals surface area (Å²) in [5.41, 5.74) is 2.44. The zero-order valence-corrected chi connectivity index (χ0v) is 13.6. The van der Waals surface area contributed by atoms with Gasteiger partial charge < -0.3 is 15.7 Å². The standard InChI is InChI=1S/C16H24N2O2S/c1-3-12-5-6-13(4-2)14(9-12)18-15(19)17-10-16(20)7-8-21-11-16/h5-6,9,20H,3-4,7-8,10-11H2,1-2H3,(H2,17,18,19)/t16-/m0/s1. The summed E-state index contributed by atoms with van der Waals surface area (Å²) in [5.74, 6) is 1.65. The van der Waals surface area contributed by atoms with E-state index >= 15 is 0 Å². The zero-order chi connectivity index (χ0) is 15.3. The summed E-state index contributed by atoms with van der Waals surface area (Å²) < 4.78 is 0. The van der Waals surface area contributed by atoms with E-state index in [-0.39, 0.29) is 6.03 Å². The number of aryl methyl sites for hydroxylation is 2. The molecule has 1 aliphatic heterocycles. The van der Waals surface area contributed by atoms with E-state index < -0.39 is 5.60 Å². The first kappa shape index (κ1) is 16.2. The highest BCUT2D eigenvalue weighted by atomic mass is 32.2. The summed E-state index contributed by atoms with van der Waals surface area (Å²) >= 11 is 1.73. The third-order valence-electron chi connectivity index (χ3n) is 3.87. The van der Waals surface area contributed by atoms with Crippen LogP contribution in [0, 0.1) is 0 Å². The van der Waals surface area contributed by atoms with Gasteiger partial charge in [0.15, 0.2) is 0 Å². The number of urea groups is 1. The lowest BCUT2D eigenvalue weighted by Gasteiger charge is -2.22. The molecule has 1 aliphatic rings. The van der Waals surface area contributed by atoms with Crippen molar-refractivity contribution in [3.05, 3.63) is 29.3 Å². The minimum absolute atomic E-state index is 0.247. The Labute approximate surface area is 130 Å². The maximum Gasteiger partial charge on any atom is 0.319 e. The van der Waals surface area contributed by atoms with Gasteiger partial charge >= 0.3 is 6.03 Å². The second kappa shape index (κ2) is 7.18. The zero-order valence-electron chi connectivity index (χ0n) is 12.7. The van der Waals surface area contributed by atoms with Crippen LogP contribution in [-0.4, -0.2) is 34.8 Å². The number of anilines is 1. The van der Waals surface area contributed by atoms with Crippen LogP contribution >= 0.6 is 11.8 Å². The lowest BCUT2D eigenvalue weighted by atomic mass is 10.0. The van der Waals surface area contributed by atoms with Crippen molar-refractivity contribution < 1.29 is 9.90 Å². The van der Waals surface area contributed by atoms with Crippen LogP contribution in [0.1, 0.15) is 31.4 Å². The van der Waals surface area contributed by atoms with Crippen LogP contribution < -0.4 is 10.6 Å². The molecule has 5 heteroatoms. The van der Waals surface area contributed by atoms with Gasteiger partial charge in [0.1, 0.15) is 0 Å². The first-order valence-electron chi connectivity index (χ1n) is 7.53. The predicted octanol–water partition coefficient (Wildman–Crippen LogP) is 2.80. The van der Waals surface area contributed by atoms with Gasteiger partial charge in [-0.1, -0.05) is 26.0 Å². The van der Waals surface area contributed by atoms with E-state index in [2.05, 4.69) is 36.6 Å². The number of hydrogen-bond acceptors (Lipinski definition) is 3. The summed E-state index contributed by atoms with van der Waals surface area (Å²) in [6, 6.07) is 5.94. The molecule has 116 valence electrons. The Kier molecular flexibility index (Phi) is 5.53. The Morgan fingerprint density at radius 3 is 2.81 bits per heavy atom. The lowest BCUT2D eigenvalue weighted by molar-refractivity contribution is 0.0706. The Bertz CT molecular complexity index is 499. The molecule has 0 saturated carbocycles. The SMILES string of the molecule is CCc1ccc(CC)c(NC(=O)NC[C@@]2(O)CCSC2)c1. The predicted molar refractivity (Wildman–Crippen MR) is 89.1 cm³/mol.